The minimum Gasteiger partial charge on any atom is -0.298 e. The van der Waals surface area contributed by atoms with Gasteiger partial charge in [-0.05, 0) is 24.3 Å². The number of carbonyl (C=O) groups is 1. The maximum Gasteiger partial charge on any atom is 0.289 e. The van der Waals surface area contributed by atoms with Crippen LogP contribution in [0.15, 0.2) is 42.9 Å². The van der Waals surface area contributed by atoms with E-state index < -0.39 is 0 Å². The largest absolute Gasteiger partial charge is 0.298 e. The van der Waals surface area contributed by atoms with Gasteiger partial charge in [0.25, 0.3) is 5.91 Å². The van der Waals surface area contributed by atoms with Crippen LogP contribution in [-0.4, -0.2) is 15.9 Å². The van der Waals surface area contributed by atoms with Crippen molar-refractivity contribution >= 4 is 23.2 Å². The molecular weight excluding hydrogens is 240 g/mol. The third kappa shape index (κ3) is 3.15. The SMILES string of the molecule is O=C(NNc1ccc(Cl)cc1)c1cnccn1. The zero-order valence-electron chi connectivity index (χ0n) is 8.72. The van der Waals surface area contributed by atoms with Gasteiger partial charge in [0, 0.05) is 17.4 Å². The highest BCUT2D eigenvalue weighted by Gasteiger charge is 2.05. The average molecular weight is 249 g/mol. The third-order valence-electron chi connectivity index (χ3n) is 1.96. The molecule has 0 aliphatic rings. The second kappa shape index (κ2) is 5.27. The average Bonchev–Trinajstić information content (AvgIpc) is 2.39. The number of hydrazine groups is 1. The van der Waals surface area contributed by atoms with Crippen LogP contribution in [0.1, 0.15) is 10.5 Å². The Labute approximate surface area is 103 Å². The Balaban J connectivity index is 1.95. The molecule has 86 valence electrons. The first kappa shape index (κ1) is 11.3. The van der Waals surface area contributed by atoms with Gasteiger partial charge in [0.05, 0.1) is 11.9 Å². The highest BCUT2D eigenvalue weighted by molar-refractivity contribution is 6.30. The van der Waals surface area contributed by atoms with E-state index in [0.717, 1.165) is 5.69 Å². The van der Waals surface area contributed by atoms with Crippen LogP contribution in [0.2, 0.25) is 5.02 Å². The quantitative estimate of drug-likeness (QED) is 0.814. The van der Waals surface area contributed by atoms with E-state index in [1.807, 2.05) is 0 Å². The van der Waals surface area contributed by atoms with Gasteiger partial charge in [0.2, 0.25) is 0 Å². The van der Waals surface area contributed by atoms with Gasteiger partial charge < -0.3 is 0 Å². The Bertz CT molecular complexity index is 501. The Hall–Kier alpha value is -2.14. The molecule has 2 rings (SSSR count). The Morgan fingerprint density at radius 3 is 2.59 bits per heavy atom. The summed E-state index contributed by atoms with van der Waals surface area (Å²) in [4.78, 5) is 19.3. The molecule has 0 spiro atoms. The van der Waals surface area contributed by atoms with E-state index in [0.29, 0.717) is 5.02 Å². The van der Waals surface area contributed by atoms with E-state index in [1.54, 1.807) is 24.3 Å². The van der Waals surface area contributed by atoms with Gasteiger partial charge in [0.1, 0.15) is 5.69 Å². The normalized spacial score (nSPS) is 9.71. The summed E-state index contributed by atoms with van der Waals surface area (Å²) in [5.41, 5.74) is 6.22. The molecule has 0 aliphatic heterocycles. The maximum absolute atomic E-state index is 11.6. The van der Waals surface area contributed by atoms with Crippen molar-refractivity contribution in [1.82, 2.24) is 15.4 Å². The van der Waals surface area contributed by atoms with Crippen LogP contribution in [0.3, 0.4) is 0 Å². The fourth-order valence-corrected chi connectivity index (χ4v) is 1.27. The molecule has 0 aliphatic carbocycles. The number of rotatable bonds is 3. The second-order valence-corrected chi connectivity index (χ2v) is 3.61. The van der Waals surface area contributed by atoms with E-state index in [9.17, 15) is 4.79 Å². The molecule has 0 bridgehead atoms. The smallest absolute Gasteiger partial charge is 0.289 e. The minimum absolute atomic E-state index is 0.244. The summed E-state index contributed by atoms with van der Waals surface area (Å²) < 4.78 is 0. The predicted octanol–water partition coefficient (Wildman–Crippen LogP) is 1.89. The van der Waals surface area contributed by atoms with Crippen LogP contribution in [-0.2, 0) is 0 Å². The fourth-order valence-electron chi connectivity index (χ4n) is 1.14. The van der Waals surface area contributed by atoms with Crippen molar-refractivity contribution in [3.05, 3.63) is 53.6 Å². The second-order valence-electron chi connectivity index (χ2n) is 3.18. The molecule has 0 saturated carbocycles. The van der Waals surface area contributed by atoms with Gasteiger partial charge in [0.15, 0.2) is 0 Å². The van der Waals surface area contributed by atoms with Crippen LogP contribution in [0.5, 0.6) is 0 Å². The van der Waals surface area contributed by atoms with E-state index in [1.165, 1.54) is 18.6 Å². The van der Waals surface area contributed by atoms with E-state index in [2.05, 4.69) is 20.8 Å². The van der Waals surface area contributed by atoms with Gasteiger partial charge in [-0.3, -0.25) is 20.6 Å². The van der Waals surface area contributed by atoms with Gasteiger partial charge >= 0.3 is 0 Å². The van der Waals surface area contributed by atoms with E-state index >= 15 is 0 Å². The van der Waals surface area contributed by atoms with Crippen LogP contribution in [0, 0.1) is 0 Å². The van der Waals surface area contributed by atoms with Crippen molar-refractivity contribution in [2.24, 2.45) is 0 Å². The fraction of sp³-hybridized carbons (Fsp3) is 0. The first-order valence-corrected chi connectivity index (χ1v) is 5.21. The molecule has 2 aromatic rings. The molecule has 1 aromatic heterocycles. The van der Waals surface area contributed by atoms with Crippen molar-refractivity contribution in [3.63, 3.8) is 0 Å². The maximum atomic E-state index is 11.6. The van der Waals surface area contributed by atoms with E-state index in [-0.39, 0.29) is 11.6 Å². The first-order valence-electron chi connectivity index (χ1n) is 4.83. The predicted molar refractivity (Wildman–Crippen MR) is 64.6 cm³/mol. The molecular formula is C11H9ClN4O. The summed E-state index contributed by atoms with van der Waals surface area (Å²) in [7, 11) is 0. The molecule has 1 heterocycles. The number of carbonyl (C=O) groups excluding carboxylic acids is 1. The molecule has 6 heteroatoms. The molecule has 1 amide bonds. The van der Waals surface area contributed by atoms with Crippen LogP contribution >= 0.6 is 11.6 Å². The molecule has 0 atom stereocenters. The number of anilines is 1. The number of benzene rings is 1. The van der Waals surface area contributed by atoms with Gasteiger partial charge in [-0.15, -0.1) is 0 Å². The summed E-state index contributed by atoms with van der Waals surface area (Å²) in [6, 6.07) is 6.94. The lowest BCUT2D eigenvalue weighted by molar-refractivity contribution is 0.0957. The van der Waals surface area contributed by atoms with Crippen LogP contribution in [0.25, 0.3) is 0 Å². The lowest BCUT2D eigenvalue weighted by Gasteiger charge is -2.07. The van der Waals surface area contributed by atoms with E-state index in [4.69, 9.17) is 11.6 Å². The summed E-state index contributed by atoms with van der Waals surface area (Å²) in [5, 5.41) is 0.635. The molecule has 17 heavy (non-hydrogen) atoms. The summed E-state index contributed by atoms with van der Waals surface area (Å²) in [6.45, 7) is 0. The summed E-state index contributed by atoms with van der Waals surface area (Å²) in [5.74, 6) is -0.354. The Morgan fingerprint density at radius 2 is 1.94 bits per heavy atom. The molecule has 1 aromatic carbocycles. The van der Waals surface area contributed by atoms with Crippen molar-refractivity contribution < 1.29 is 4.79 Å². The zero-order valence-corrected chi connectivity index (χ0v) is 9.48. The Kier molecular flexibility index (Phi) is 3.52. The first-order chi connectivity index (χ1) is 8.25. The highest BCUT2D eigenvalue weighted by atomic mass is 35.5. The van der Waals surface area contributed by atoms with Crippen LogP contribution in [0.4, 0.5) is 5.69 Å². The number of hydrogen-bond acceptors (Lipinski definition) is 4. The summed E-state index contributed by atoms with van der Waals surface area (Å²) in [6.07, 6.45) is 4.35. The van der Waals surface area contributed by atoms with Crippen LogP contribution < -0.4 is 10.9 Å². The zero-order chi connectivity index (χ0) is 12.1. The number of hydrogen-bond donors (Lipinski definition) is 2. The van der Waals surface area contributed by atoms with Crippen molar-refractivity contribution in [2.75, 3.05) is 5.43 Å². The molecule has 5 nitrogen and oxygen atoms in total. The molecule has 0 unspecified atom stereocenters. The number of nitrogens with one attached hydrogen (secondary N) is 2. The molecule has 0 radical (unpaired) electrons. The highest BCUT2D eigenvalue weighted by Crippen LogP contribution is 2.12. The molecule has 2 N–H and O–H groups in total. The van der Waals surface area contributed by atoms with Crippen molar-refractivity contribution in [3.8, 4) is 0 Å². The minimum atomic E-state index is -0.354. The lowest BCUT2D eigenvalue weighted by atomic mass is 10.3. The summed E-state index contributed by atoms with van der Waals surface area (Å²) >= 11 is 5.74. The lowest BCUT2D eigenvalue weighted by Crippen LogP contribution is -2.30. The van der Waals surface area contributed by atoms with Crippen molar-refractivity contribution in [1.29, 1.82) is 0 Å². The number of nitrogens with zero attached hydrogens (tertiary/aromatic N) is 2. The monoisotopic (exact) mass is 248 g/mol. The van der Waals surface area contributed by atoms with Crippen molar-refractivity contribution in [2.45, 2.75) is 0 Å². The molecule has 0 fully saturated rings. The van der Waals surface area contributed by atoms with Gasteiger partial charge in [-0.1, -0.05) is 11.6 Å². The standard InChI is InChI=1S/C11H9ClN4O/c12-8-1-3-9(4-2-8)15-16-11(17)10-7-13-5-6-14-10/h1-7,15H,(H,16,17). The topological polar surface area (TPSA) is 66.9 Å². The third-order valence-corrected chi connectivity index (χ3v) is 2.21. The number of halogens is 1. The number of amides is 1. The number of aromatic nitrogens is 2. The van der Waals surface area contributed by atoms with Gasteiger partial charge in [-0.25, -0.2) is 4.98 Å². The molecule has 0 saturated heterocycles. The van der Waals surface area contributed by atoms with Gasteiger partial charge in [-0.2, -0.15) is 0 Å². The Morgan fingerprint density at radius 1 is 1.18 bits per heavy atom.